The Bertz CT molecular complexity index is 619. The molecule has 3 nitrogen and oxygen atoms in total. The lowest BCUT2D eigenvalue weighted by Crippen LogP contribution is -2.19. The maximum atomic E-state index is 13.6. The monoisotopic (exact) mass is 339 g/mol. The van der Waals surface area contributed by atoms with Gasteiger partial charge in [0.1, 0.15) is 17.3 Å². The Morgan fingerprint density at radius 1 is 1.20 bits per heavy atom. The van der Waals surface area contributed by atoms with E-state index in [9.17, 15) is 14.6 Å². The number of rotatable bonds is 4. The Balaban J connectivity index is 2.10. The topological polar surface area (TPSA) is 52.5 Å². The molecule has 0 saturated heterocycles. The predicted octanol–water partition coefficient (Wildman–Crippen LogP) is 3.85. The largest absolute Gasteiger partial charge is 0.508 e. The van der Waals surface area contributed by atoms with Crippen molar-refractivity contribution in [2.75, 3.05) is 0 Å². The van der Waals surface area contributed by atoms with E-state index in [0.29, 0.717) is 17.7 Å². The van der Waals surface area contributed by atoms with E-state index in [1.54, 1.807) is 12.1 Å². The van der Waals surface area contributed by atoms with Gasteiger partial charge in [0.2, 0.25) is 0 Å². The molecule has 0 aromatic heterocycles. The van der Waals surface area contributed by atoms with Gasteiger partial charge in [0.05, 0.1) is 0 Å². The molecule has 20 heavy (non-hydrogen) atoms. The Morgan fingerprint density at radius 2 is 1.95 bits per heavy atom. The molecule has 0 aliphatic carbocycles. The van der Waals surface area contributed by atoms with Gasteiger partial charge in [-0.3, -0.25) is 0 Å². The second-order valence-corrected chi connectivity index (χ2v) is 5.50. The van der Waals surface area contributed by atoms with E-state index in [4.69, 9.17) is 0 Å². The fourth-order valence-corrected chi connectivity index (χ4v) is 2.35. The van der Waals surface area contributed by atoms with Crippen molar-refractivity contribution >= 4 is 15.9 Å². The number of benzene rings is 2. The lowest BCUT2D eigenvalue weighted by molar-refractivity contribution is 0.439. The van der Waals surface area contributed by atoms with E-state index in [2.05, 4.69) is 21.2 Å². The van der Waals surface area contributed by atoms with Crippen LogP contribution in [0.5, 0.6) is 11.5 Å². The Morgan fingerprint density at radius 3 is 2.70 bits per heavy atom. The summed E-state index contributed by atoms with van der Waals surface area (Å²) in [5.74, 6) is -0.106. The van der Waals surface area contributed by atoms with Crippen molar-refractivity contribution in [1.82, 2.24) is 5.32 Å². The average Bonchev–Trinajstić information content (AvgIpc) is 2.42. The highest BCUT2D eigenvalue weighted by atomic mass is 79.9. The first-order chi connectivity index (χ1) is 9.47. The summed E-state index contributed by atoms with van der Waals surface area (Å²) in [4.78, 5) is 0. The van der Waals surface area contributed by atoms with Gasteiger partial charge in [-0.15, -0.1) is 0 Å². The van der Waals surface area contributed by atoms with Crippen molar-refractivity contribution in [3.8, 4) is 11.5 Å². The highest BCUT2D eigenvalue weighted by Gasteiger charge is 2.12. The lowest BCUT2D eigenvalue weighted by atomic mass is 10.1. The SMILES string of the molecule is CC(NCc1cc(Br)ccc1F)c1cc(O)ccc1O. The lowest BCUT2D eigenvalue weighted by Gasteiger charge is -2.16. The number of hydrogen-bond donors (Lipinski definition) is 3. The van der Waals surface area contributed by atoms with Gasteiger partial charge < -0.3 is 15.5 Å². The molecule has 2 rings (SSSR count). The van der Waals surface area contributed by atoms with Gasteiger partial charge in [-0.1, -0.05) is 15.9 Å². The van der Waals surface area contributed by atoms with E-state index in [1.807, 2.05) is 6.92 Å². The van der Waals surface area contributed by atoms with Gasteiger partial charge in [0.25, 0.3) is 0 Å². The first-order valence-electron chi connectivity index (χ1n) is 6.16. The Hall–Kier alpha value is -1.59. The van der Waals surface area contributed by atoms with Gasteiger partial charge in [-0.2, -0.15) is 0 Å². The second kappa shape index (κ2) is 6.24. The molecule has 0 aliphatic rings. The molecule has 2 aromatic carbocycles. The third-order valence-corrected chi connectivity index (χ3v) is 3.58. The van der Waals surface area contributed by atoms with Crippen molar-refractivity contribution in [2.45, 2.75) is 19.5 Å². The molecule has 0 bridgehead atoms. The van der Waals surface area contributed by atoms with Gasteiger partial charge in [0.15, 0.2) is 0 Å². The van der Waals surface area contributed by atoms with Gasteiger partial charge >= 0.3 is 0 Å². The van der Waals surface area contributed by atoms with Gasteiger partial charge in [-0.25, -0.2) is 4.39 Å². The van der Waals surface area contributed by atoms with Crippen molar-refractivity contribution in [1.29, 1.82) is 0 Å². The predicted molar refractivity (Wildman–Crippen MR) is 79.1 cm³/mol. The number of phenols is 2. The zero-order chi connectivity index (χ0) is 14.7. The van der Waals surface area contributed by atoms with E-state index >= 15 is 0 Å². The quantitative estimate of drug-likeness (QED) is 0.741. The highest BCUT2D eigenvalue weighted by molar-refractivity contribution is 9.10. The van der Waals surface area contributed by atoms with Crippen LogP contribution in [0.1, 0.15) is 24.1 Å². The average molecular weight is 340 g/mol. The number of aromatic hydroxyl groups is 2. The minimum atomic E-state index is -0.284. The van der Waals surface area contributed by atoms with Crippen LogP contribution in [0.15, 0.2) is 40.9 Å². The van der Waals surface area contributed by atoms with Crippen LogP contribution in [0.4, 0.5) is 4.39 Å². The molecule has 3 N–H and O–H groups in total. The van der Waals surface area contributed by atoms with E-state index in [1.165, 1.54) is 24.3 Å². The van der Waals surface area contributed by atoms with E-state index in [0.717, 1.165) is 4.47 Å². The number of halogens is 2. The summed E-state index contributed by atoms with van der Waals surface area (Å²) >= 11 is 3.30. The van der Waals surface area contributed by atoms with Crippen LogP contribution in [-0.4, -0.2) is 10.2 Å². The third-order valence-electron chi connectivity index (χ3n) is 3.08. The third kappa shape index (κ3) is 3.49. The summed E-state index contributed by atoms with van der Waals surface area (Å²) in [6.07, 6.45) is 0. The fraction of sp³-hybridized carbons (Fsp3) is 0.200. The minimum absolute atomic E-state index is 0.0834. The molecule has 0 spiro atoms. The molecule has 106 valence electrons. The first kappa shape index (κ1) is 14.8. The summed E-state index contributed by atoms with van der Waals surface area (Å²) < 4.78 is 14.4. The summed E-state index contributed by atoms with van der Waals surface area (Å²) in [5.41, 5.74) is 1.10. The molecule has 2 aromatic rings. The zero-order valence-electron chi connectivity index (χ0n) is 10.9. The van der Waals surface area contributed by atoms with Gasteiger partial charge in [-0.05, 0) is 43.3 Å². The first-order valence-corrected chi connectivity index (χ1v) is 6.96. The van der Waals surface area contributed by atoms with E-state index in [-0.39, 0.29) is 23.4 Å². The standard InChI is InChI=1S/C15H15BrFNO2/c1-9(13-7-12(19)3-5-15(13)20)18-8-10-6-11(16)2-4-14(10)17/h2-7,9,18-20H,8H2,1H3. The zero-order valence-corrected chi connectivity index (χ0v) is 12.5. The smallest absolute Gasteiger partial charge is 0.127 e. The number of phenolic OH excluding ortho intramolecular Hbond substituents is 2. The normalized spacial score (nSPS) is 12.3. The molecule has 0 saturated carbocycles. The summed E-state index contributed by atoms with van der Waals surface area (Å²) in [7, 11) is 0. The minimum Gasteiger partial charge on any atom is -0.508 e. The molecule has 0 aliphatic heterocycles. The van der Waals surface area contributed by atoms with Crippen LogP contribution in [0.25, 0.3) is 0 Å². The molecule has 5 heteroatoms. The highest BCUT2D eigenvalue weighted by Crippen LogP contribution is 2.28. The summed E-state index contributed by atoms with van der Waals surface area (Å²) in [6.45, 7) is 2.16. The van der Waals surface area contributed by atoms with Crippen LogP contribution >= 0.6 is 15.9 Å². The molecule has 0 radical (unpaired) electrons. The maximum absolute atomic E-state index is 13.6. The van der Waals surface area contributed by atoms with Crippen LogP contribution < -0.4 is 5.32 Å². The van der Waals surface area contributed by atoms with E-state index < -0.39 is 0 Å². The Kier molecular flexibility index (Phi) is 4.62. The van der Waals surface area contributed by atoms with Gasteiger partial charge in [0, 0.05) is 28.2 Å². The van der Waals surface area contributed by atoms with Crippen LogP contribution in [0.3, 0.4) is 0 Å². The number of hydrogen-bond acceptors (Lipinski definition) is 3. The Labute approximate surface area is 125 Å². The number of nitrogens with one attached hydrogen (secondary N) is 1. The fourth-order valence-electron chi connectivity index (χ4n) is 1.94. The van der Waals surface area contributed by atoms with Crippen molar-refractivity contribution in [3.05, 3.63) is 57.8 Å². The van der Waals surface area contributed by atoms with Crippen LogP contribution in [-0.2, 0) is 6.54 Å². The van der Waals surface area contributed by atoms with Crippen LogP contribution in [0, 0.1) is 5.82 Å². The molecule has 0 fully saturated rings. The second-order valence-electron chi connectivity index (χ2n) is 4.58. The molecular weight excluding hydrogens is 325 g/mol. The maximum Gasteiger partial charge on any atom is 0.127 e. The molecule has 0 heterocycles. The molecule has 1 unspecified atom stereocenters. The van der Waals surface area contributed by atoms with Crippen molar-refractivity contribution in [3.63, 3.8) is 0 Å². The van der Waals surface area contributed by atoms with Crippen molar-refractivity contribution in [2.24, 2.45) is 0 Å². The summed E-state index contributed by atoms with van der Waals surface area (Å²) in [6, 6.07) is 8.87. The molecule has 1 atom stereocenters. The summed E-state index contributed by atoms with van der Waals surface area (Å²) in [5, 5.41) is 22.3. The van der Waals surface area contributed by atoms with Crippen LogP contribution in [0.2, 0.25) is 0 Å². The van der Waals surface area contributed by atoms with Crippen molar-refractivity contribution < 1.29 is 14.6 Å². The molecular formula is C15H15BrFNO2. The molecule has 0 amide bonds.